The fourth-order valence-corrected chi connectivity index (χ4v) is 3.23. The summed E-state index contributed by atoms with van der Waals surface area (Å²) < 4.78 is 13.4. The van der Waals surface area contributed by atoms with E-state index in [9.17, 15) is 14.0 Å². The van der Waals surface area contributed by atoms with Crippen molar-refractivity contribution in [1.29, 1.82) is 0 Å². The minimum Gasteiger partial charge on any atom is -0.326 e. The normalized spacial score (nSPS) is 15.9. The summed E-state index contributed by atoms with van der Waals surface area (Å²) in [6.45, 7) is 2.18. The van der Waals surface area contributed by atoms with Gasteiger partial charge in [0.2, 0.25) is 11.8 Å². The van der Waals surface area contributed by atoms with Crippen LogP contribution in [0.3, 0.4) is 0 Å². The van der Waals surface area contributed by atoms with E-state index in [1.807, 2.05) is 24.3 Å². The van der Waals surface area contributed by atoms with Gasteiger partial charge in [0, 0.05) is 17.8 Å². The zero-order valence-electron chi connectivity index (χ0n) is 14.8. The molecule has 0 saturated heterocycles. The van der Waals surface area contributed by atoms with Crippen LogP contribution in [-0.2, 0) is 16.0 Å². The number of hydrogen-bond donors (Lipinski definition) is 2. The summed E-state index contributed by atoms with van der Waals surface area (Å²) in [4.78, 5) is 24.5. The van der Waals surface area contributed by atoms with Crippen molar-refractivity contribution in [1.82, 2.24) is 0 Å². The fourth-order valence-electron chi connectivity index (χ4n) is 3.23. The van der Waals surface area contributed by atoms with E-state index < -0.39 is 11.7 Å². The molecule has 2 aromatic rings. The van der Waals surface area contributed by atoms with Crippen LogP contribution < -0.4 is 10.6 Å². The highest BCUT2D eigenvalue weighted by Crippen LogP contribution is 2.33. The first-order valence-electron chi connectivity index (χ1n) is 9.06. The number of benzene rings is 2. The standard InChI is InChI=1S/C21H23FN2O2/c1-2-3-4-5-14-6-9-16(10-7-14)23-21(26)18-13-20(25)24-19-12-15(22)8-11-17(18)19/h6-12,18H,2-5,13H2,1H3,(H,23,26)(H,24,25)/t18-/m1/s1. The van der Waals surface area contributed by atoms with Crippen LogP contribution in [0.4, 0.5) is 15.8 Å². The van der Waals surface area contributed by atoms with E-state index in [0.717, 1.165) is 12.8 Å². The molecule has 2 amide bonds. The zero-order chi connectivity index (χ0) is 18.5. The number of anilines is 2. The molecule has 0 aromatic heterocycles. The van der Waals surface area contributed by atoms with Gasteiger partial charge in [-0.3, -0.25) is 9.59 Å². The second kappa shape index (κ2) is 8.13. The molecular formula is C21H23FN2O2. The third-order valence-electron chi connectivity index (χ3n) is 4.66. The van der Waals surface area contributed by atoms with Crippen LogP contribution in [0.2, 0.25) is 0 Å². The molecule has 0 spiro atoms. The van der Waals surface area contributed by atoms with Crippen molar-refractivity contribution in [3.05, 3.63) is 59.4 Å². The lowest BCUT2D eigenvalue weighted by Gasteiger charge is -2.25. The topological polar surface area (TPSA) is 58.2 Å². The van der Waals surface area contributed by atoms with E-state index in [1.54, 1.807) is 6.07 Å². The molecule has 0 fully saturated rings. The number of carbonyl (C=O) groups excluding carboxylic acids is 2. The molecule has 0 aliphatic carbocycles. The molecule has 0 radical (unpaired) electrons. The van der Waals surface area contributed by atoms with Crippen molar-refractivity contribution >= 4 is 23.2 Å². The Kier molecular flexibility index (Phi) is 5.66. The minimum absolute atomic E-state index is 0.0551. The highest BCUT2D eigenvalue weighted by Gasteiger charge is 2.30. The molecule has 1 heterocycles. The maximum absolute atomic E-state index is 13.4. The molecule has 2 N–H and O–H groups in total. The third-order valence-corrected chi connectivity index (χ3v) is 4.66. The first-order valence-corrected chi connectivity index (χ1v) is 9.06. The van der Waals surface area contributed by atoms with Crippen molar-refractivity contribution in [2.45, 2.75) is 44.9 Å². The van der Waals surface area contributed by atoms with Gasteiger partial charge in [-0.05, 0) is 48.2 Å². The van der Waals surface area contributed by atoms with Crippen LogP contribution in [0.15, 0.2) is 42.5 Å². The average Bonchev–Trinajstić information content (AvgIpc) is 2.62. The summed E-state index contributed by atoms with van der Waals surface area (Å²) >= 11 is 0. The van der Waals surface area contributed by atoms with E-state index >= 15 is 0 Å². The Bertz CT molecular complexity index is 802. The van der Waals surface area contributed by atoms with Crippen LogP contribution in [-0.4, -0.2) is 11.8 Å². The van der Waals surface area contributed by atoms with Gasteiger partial charge in [-0.2, -0.15) is 0 Å². The Morgan fingerprint density at radius 1 is 1.19 bits per heavy atom. The van der Waals surface area contributed by atoms with Gasteiger partial charge >= 0.3 is 0 Å². The number of fused-ring (bicyclic) bond motifs is 1. The van der Waals surface area contributed by atoms with Crippen molar-refractivity contribution in [2.75, 3.05) is 10.6 Å². The molecule has 2 aromatic carbocycles. The number of rotatable bonds is 6. The molecule has 1 aliphatic rings. The second-order valence-electron chi connectivity index (χ2n) is 6.68. The summed E-state index contributed by atoms with van der Waals surface area (Å²) in [6, 6.07) is 11.9. The van der Waals surface area contributed by atoms with E-state index in [-0.39, 0.29) is 18.2 Å². The van der Waals surface area contributed by atoms with Gasteiger partial charge in [0.05, 0.1) is 5.92 Å². The summed E-state index contributed by atoms with van der Waals surface area (Å²) in [5.74, 6) is -1.60. The van der Waals surface area contributed by atoms with Gasteiger partial charge in [0.1, 0.15) is 5.82 Å². The van der Waals surface area contributed by atoms with E-state index in [0.29, 0.717) is 16.9 Å². The summed E-state index contributed by atoms with van der Waals surface area (Å²) in [7, 11) is 0. The monoisotopic (exact) mass is 354 g/mol. The number of halogens is 1. The molecule has 136 valence electrons. The first kappa shape index (κ1) is 18.1. The number of hydrogen-bond acceptors (Lipinski definition) is 2. The second-order valence-corrected chi connectivity index (χ2v) is 6.68. The summed E-state index contributed by atoms with van der Waals surface area (Å²) in [6.07, 6.45) is 4.65. The Hall–Kier alpha value is -2.69. The van der Waals surface area contributed by atoms with Gasteiger partial charge in [-0.25, -0.2) is 4.39 Å². The van der Waals surface area contributed by atoms with E-state index in [2.05, 4.69) is 17.6 Å². The molecule has 5 heteroatoms. The number of nitrogens with one attached hydrogen (secondary N) is 2. The quantitative estimate of drug-likeness (QED) is 0.744. The van der Waals surface area contributed by atoms with Crippen LogP contribution in [0, 0.1) is 5.82 Å². The number of carbonyl (C=O) groups is 2. The van der Waals surface area contributed by atoms with Crippen molar-refractivity contribution < 1.29 is 14.0 Å². The SMILES string of the molecule is CCCCCc1ccc(NC(=O)[C@@H]2CC(=O)Nc3cc(F)ccc32)cc1. The largest absolute Gasteiger partial charge is 0.326 e. The van der Waals surface area contributed by atoms with Gasteiger partial charge in [-0.15, -0.1) is 0 Å². The molecule has 1 atom stereocenters. The highest BCUT2D eigenvalue weighted by atomic mass is 19.1. The van der Waals surface area contributed by atoms with Crippen LogP contribution in [0.25, 0.3) is 0 Å². The summed E-state index contributed by atoms with van der Waals surface area (Å²) in [5.41, 5.74) is 2.95. The number of amides is 2. The predicted octanol–water partition coefficient (Wildman–Crippen LogP) is 4.62. The summed E-state index contributed by atoms with van der Waals surface area (Å²) in [5, 5.41) is 5.49. The lowest BCUT2D eigenvalue weighted by atomic mass is 9.89. The predicted molar refractivity (Wildman–Crippen MR) is 101 cm³/mol. The third kappa shape index (κ3) is 4.28. The average molecular weight is 354 g/mol. The van der Waals surface area contributed by atoms with Crippen LogP contribution in [0.1, 0.15) is 49.7 Å². The van der Waals surface area contributed by atoms with Crippen LogP contribution >= 0.6 is 0 Å². The fraction of sp³-hybridized carbons (Fsp3) is 0.333. The molecule has 0 saturated carbocycles. The Labute approximate surface area is 152 Å². The highest BCUT2D eigenvalue weighted by molar-refractivity contribution is 6.05. The van der Waals surface area contributed by atoms with Crippen molar-refractivity contribution in [3.63, 3.8) is 0 Å². The molecule has 4 nitrogen and oxygen atoms in total. The maximum atomic E-state index is 13.4. The van der Waals surface area contributed by atoms with Crippen molar-refractivity contribution in [3.8, 4) is 0 Å². The van der Waals surface area contributed by atoms with Gasteiger partial charge in [0.15, 0.2) is 0 Å². The molecule has 0 bridgehead atoms. The molecule has 26 heavy (non-hydrogen) atoms. The van der Waals surface area contributed by atoms with Gasteiger partial charge in [0.25, 0.3) is 0 Å². The Morgan fingerprint density at radius 2 is 1.96 bits per heavy atom. The smallest absolute Gasteiger partial charge is 0.232 e. The van der Waals surface area contributed by atoms with Crippen molar-refractivity contribution in [2.24, 2.45) is 0 Å². The van der Waals surface area contributed by atoms with Crippen LogP contribution in [0.5, 0.6) is 0 Å². The molecule has 0 unspecified atom stereocenters. The lowest BCUT2D eigenvalue weighted by Crippen LogP contribution is -2.30. The molecule has 1 aliphatic heterocycles. The number of unbranched alkanes of at least 4 members (excludes halogenated alkanes) is 2. The van der Waals surface area contributed by atoms with E-state index in [1.165, 1.54) is 30.5 Å². The minimum atomic E-state index is -0.622. The van der Waals surface area contributed by atoms with E-state index in [4.69, 9.17) is 0 Å². The maximum Gasteiger partial charge on any atom is 0.232 e. The Morgan fingerprint density at radius 3 is 2.69 bits per heavy atom. The van der Waals surface area contributed by atoms with Gasteiger partial charge in [-0.1, -0.05) is 38.0 Å². The lowest BCUT2D eigenvalue weighted by molar-refractivity contribution is -0.123. The first-order chi connectivity index (χ1) is 12.6. The molecular weight excluding hydrogens is 331 g/mol. The molecule has 3 rings (SSSR count). The Balaban J connectivity index is 1.69. The van der Waals surface area contributed by atoms with Gasteiger partial charge < -0.3 is 10.6 Å². The zero-order valence-corrected chi connectivity index (χ0v) is 14.8. The number of aryl methyl sites for hydroxylation is 1.